The monoisotopic (exact) mass is 391 g/mol. The lowest BCUT2D eigenvalue weighted by Crippen LogP contribution is -2.42. The molecular formula is C23H25N3O3. The van der Waals surface area contributed by atoms with Gasteiger partial charge in [-0.3, -0.25) is 4.79 Å². The summed E-state index contributed by atoms with van der Waals surface area (Å²) in [6.07, 6.45) is 5.86. The number of nitriles is 1. The molecule has 2 aromatic rings. The summed E-state index contributed by atoms with van der Waals surface area (Å²) < 4.78 is 5.91. The van der Waals surface area contributed by atoms with Gasteiger partial charge >= 0.3 is 0 Å². The Bertz CT molecular complexity index is 939. The van der Waals surface area contributed by atoms with Crippen molar-refractivity contribution in [2.24, 2.45) is 11.8 Å². The summed E-state index contributed by atoms with van der Waals surface area (Å²) in [6.45, 7) is 2.59. The molecule has 0 bridgehead atoms. The van der Waals surface area contributed by atoms with Gasteiger partial charge in [0.25, 0.3) is 5.91 Å². The van der Waals surface area contributed by atoms with Crippen LogP contribution in [0, 0.1) is 23.2 Å². The topological polar surface area (TPSA) is 95.2 Å². The number of aromatic nitrogens is 1. The molecule has 0 saturated heterocycles. The highest BCUT2D eigenvalue weighted by Crippen LogP contribution is 2.39. The van der Waals surface area contributed by atoms with E-state index >= 15 is 0 Å². The molecule has 150 valence electrons. The number of amides is 1. The highest BCUT2D eigenvalue weighted by Gasteiger charge is 2.40. The molecule has 4 rings (SSSR count). The number of benzene rings is 1. The Labute approximate surface area is 170 Å². The number of carbonyl (C=O) groups is 1. The van der Waals surface area contributed by atoms with E-state index in [0.717, 1.165) is 24.0 Å². The molecule has 1 heterocycles. The fourth-order valence-electron chi connectivity index (χ4n) is 3.31. The standard InChI is InChI=1S/C23H25N3O3/c1-23(28,19-8-9-19)14-26-21(27)18-10-20(17-6-4-15(11-24)5-7-17)22(25-12-18)29-13-16-2-3-16/h4-7,10,12,16,19,28H,2-3,8-9,13-14H2,1H3,(H,26,27). The Balaban J connectivity index is 1.55. The van der Waals surface area contributed by atoms with E-state index in [-0.39, 0.29) is 18.4 Å². The molecule has 2 aliphatic rings. The van der Waals surface area contributed by atoms with E-state index in [2.05, 4.69) is 16.4 Å². The van der Waals surface area contributed by atoms with Crippen molar-refractivity contribution in [3.05, 3.63) is 47.7 Å². The van der Waals surface area contributed by atoms with Gasteiger partial charge in [0.2, 0.25) is 5.88 Å². The first-order valence-corrected chi connectivity index (χ1v) is 10.1. The Morgan fingerprint density at radius 3 is 2.66 bits per heavy atom. The number of hydrogen-bond donors (Lipinski definition) is 2. The van der Waals surface area contributed by atoms with Crippen molar-refractivity contribution in [2.45, 2.75) is 38.2 Å². The molecule has 1 aromatic carbocycles. The van der Waals surface area contributed by atoms with E-state index in [1.54, 1.807) is 25.1 Å². The van der Waals surface area contributed by atoms with Crippen molar-refractivity contribution in [1.29, 1.82) is 5.26 Å². The largest absolute Gasteiger partial charge is 0.477 e. The second-order valence-corrected chi connectivity index (χ2v) is 8.33. The Hall–Kier alpha value is -2.91. The van der Waals surface area contributed by atoms with Crippen molar-refractivity contribution in [2.75, 3.05) is 13.2 Å². The highest BCUT2D eigenvalue weighted by atomic mass is 16.5. The van der Waals surface area contributed by atoms with E-state index in [1.807, 2.05) is 12.1 Å². The van der Waals surface area contributed by atoms with Crippen molar-refractivity contribution in [1.82, 2.24) is 10.3 Å². The van der Waals surface area contributed by atoms with Gasteiger partial charge in [0.15, 0.2) is 0 Å². The average molecular weight is 391 g/mol. The smallest absolute Gasteiger partial charge is 0.252 e. The number of nitrogens with zero attached hydrogens (tertiary/aromatic N) is 2. The van der Waals surface area contributed by atoms with E-state index < -0.39 is 5.60 Å². The van der Waals surface area contributed by atoms with Gasteiger partial charge in [-0.25, -0.2) is 4.98 Å². The molecule has 6 nitrogen and oxygen atoms in total. The summed E-state index contributed by atoms with van der Waals surface area (Å²) in [5.74, 6) is 1.05. The summed E-state index contributed by atoms with van der Waals surface area (Å²) in [6, 6.07) is 11.0. The predicted molar refractivity (Wildman–Crippen MR) is 108 cm³/mol. The molecule has 2 aliphatic carbocycles. The van der Waals surface area contributed by atoms with Crippen LogP contribution in [0.4, 0.5) is 0 Å². The first kappa shape index (κ1) is 19.4. The van der Waals surface area contributed by atoms with Crippen LogP contribution in [0.3, 0.4) is 0 Å². The molecular weight excluding hydrogens is 366 g/mol. The molecule has 1 aromatic heterocycles. The van der Waals surface area contributed by atoms with E-state index in [4.69, 9.17) is 10.00 Å². The third kappa shape index (κ3) is 4.75. The van der Waals surface area contributed by atoms with Crippen LogP contribution in [0.2, 0.25) is 0 Å². The fraction of sp³-hybridized carbons (Fsp3) is 0.435. The number of carbonyl (C=O) groups excluding carboxylic acids is 1. The normalized spacial score (nSPS) is 17.8. The zero-order valence-corrected chi connectivity index (χ0v) is 16.5. The van der Waals surface area contributed by atoms with Crippen molar-refractivity contribution in [3.63, 3.8) is 0 Å². The zero-order chi connectivity index (χ0) is 20.4. The first-order chi connectivity index (χ1) is 14.0. The number of aliphatic hydroxyl groups is 1. The van der Waals surface area contributed by atoms with Crippen LogP contribution in [0.15, 0.2) is 36.5 Å². The van der Waals surface area contributed by atoms with Crippen LogP contribution in [-0.2, 0) is 0 Å². The number of pyridine rings is 1. The highest BCUT2D eigenvalue weighted by molar-refractivity contribution is 5.95. The molecule has 0 aliphatic heterocycles. The molecule has 1 atom stereocenters. The number of ether oxygens (including phenoxy) is 1. The first-order valence-electron chi connectivity index (χ1n) is 10.1. The molecule has 2 fully saturated rings. The van der Waals surface area contributed by atoms with Gasteiger partial charge in [-0.15, -0.1) is 0 Å². The minimum atomic E-state index is -0.883. The van der Waals surface area contributed by atoms with Crippen LogP contribution in [-0.4, -0.2) is 34.8 Å². The molecule has 1 unspecified atom stereocenters. The van der Waals surface area contributed by atoms with Crippen LogP contribution in [0.5, 0.6) is 5.88 Å². The molecule has 2 saturated carbocycles. The number of nitrogens with one attached hydrogen (secondary N) is 1. The lowest BCUT2D eigenvalue weighted by atomic mass is 10.0. The average Bonchev–Trinajstić information content (AvgIpc) is 3.63. The lowest BCUT2D eigenvalue weighted by molar-refractivity contribution is 0.0354. The Morgan fingerprint density at radius 1 is 1.31 bits per heavy atom. The van der Waals surface area contributed by atoms with Gasteiger partial charge in [-0.05, 0) is 68.2 Å². The van der Waals surface area contributed by atoms with Crippen molar-refractivity contribution in [3.8, 4) is 23.1 Å². The summed E-state index contributed by atoms with van der Waals surface area (Å²) in [7, 11) is 0. The maximum absolute atomic E-state index is 12.7. The second-order valence-electron chi connectivity index (χ2n) is 8.33. The molecule has 1 amide bonds. The quantitative estimate of drug-likeness (QED) is 0.720. The van der Waals surface area contributed by atoms with Gasteiger partial charge in [0.05, 0.1) is 29.4 Å². The van der Waals surface area contributed by atoms with E-state index in [9.17, 15) is 9.90 Å². The minimum Gasteiger partial charge on any atom is -0.477 e. The van der Waals surface area contributed by atoms with E-state index in [0.29, 0.717) is 29.5 Å². The minimum absolute atomic E-state index is 0.211. The third-order valence-electron chi connectivity index (χ3n) is 5.65. The van der Waals surface area contributed by atoms with Crippen LogP contribution in [0.1, 0.15) is 48.5 Å². The summed E-state index contributed by atoms with van der Waals surface area (Å²) in [4.78, 5) is 17.1. The lowest BCUT2D eigenvalue weighted by Gasteiger charge is -2.23. The summed E-state index contributed by atoms with van der Waals surface area (Å²) in [5, 5.41) is 22.3. The van der Waals surface area contributed by atoms with Gasteiger partial charge in [-0.2, -0.15) is 5.26 Å². The van der Waals surface area contributed by atoms with Crippen LogP contribution >= 0.6 is 0 Å². The van der Waals surface area contributed by atoms with Crippen molar-refractivity contribution < 1.29 is 14.6 Å². The van der Waals surface area contributed by atoms with Gasteiger partial charge in [0.1, 0.15) is 0 Å². The summed E-state index contributed by atoms with van der Waals surface area (Å²) in [5.41, 5.74) is 1.65. The van der Waals surface area contributed by atoms with Crippen molar-refractivity contribution >= 4 is 5.91 Å². The Kier molecular flexibility index (Phi) is 5.25. The molecule has 0 radical (unpaired) electrons. The SMILES string of the molecule is CC(O)(CNC(=O)c1cnc(OCC2CC2)c(-c2ccc(C#N)cc2)c1)C1CC1. The zero-order valence-electron chi connectivity index (χ0n) is 16.5. The Morgan fingerprint density at radius 2 is 2.03 bits per heavy atom. The molecule has 0 spiro atoms. The third-order valence-corrected chi connectivity index (χ3v) is 5.65. The molecule has 29 heavy (non-hydrogen) atoms. The predicted octanol–water partition coefficient (Wildman–Crippen LogP) is 3.30. The van der Waals surface area contributed by atoms with Gasteiger partial charge in [-0.1, -0.05) is 12.1 Å². The second kappa shape index (κ2) is 7.84. The van der Waals surface area contributed by atoms with Crippen LogP contribution in [0.25, 0.3) is 11.1 Å². The number of rotatable bonds is 8. The number of hydrogen-bond acceptors (Lipinski definition) is 5. The van der Waals surface area contributed by atoms with Crippen LogP contribution < -0.4 is 10.1 Å². The molecule has 6 heteroatoms. The van der Waals surface area contributed by atoms with Gasteiger partial charge < -0.3 is 15.2 Å². The maximum Gasteiger partial charge on any atom is 0.252 e. The fourth-order valence-corrected chi connectivity index (χ4v) is 3.31. The van der Waals surface area contributed by atoms with E-state index in [1.165, 1.54) is 19.0 Å². The summed E-state index contributed by atoms with van der Waals surface area (Å²) >= 11 is 0. The van der Waals surface area contributed by atoms with Gasteiger partial charge in [0, 0.05) is 18.3 Å². The maximum atomic E-state index is 12.7. The molecule has 2 N–H and O–H groups in total.